The van der Waals surface area contributed by atoms with Crippen LogP contribution in [0.15, 0.2) is 0 Å². The van der Waals surface area contributed by atoms with E-state index in [9.17, 15) is 4.79 Å². The van der Waals surface area contributed by atoms with Gasteiger partial charge in [0, 0.05) is 12.5 Å². The van der Waals surface area contributed by atoms with Crippen LogP contribution in [0.1, 0.15) is 71.6 Å². The SMILES string of the molecule is [CH2]CCC(C)NCCCCCC(=O)OCCCCC. The van der Waals surface area contributed by atoms with Gasteiger partial charge < -0.3 is 10.1 Å². The molecule has 1 radical (unpaired) electrons. The Balaban J connectivity index is 3.22. The highest BCUT2D eigenvalue weighted by Crippen LogP contribution is 2.03. The minimum absolute atomic E-state index is 0.0329. The Bertz CT molecular complexity index is 207. The molecule has 3 nitrogen and oxygen atoms in total. The Morgan fingerprint density at radius 1 is 1.21 bits per heavy atom. The average Bonchev–Trinajstić information content (AvgIpc) is 2.39. The van der Waals surface area contributed by atoms with E-state index in [1.165, 1.54) is 0 Å². The van der Waals surface area contributed by atoms with Crippen LogP contribution in [0.3, 0.4) is 0 Å². The second-order valence-corrected chi connectivity index (χ2v) is 5.24. The van der Waals surface area contributed by atoms with E-state index in [1.807, 2.05) is 0 Å². The molecule has 3 heteroatoms. The monoisotopic (exact) mass is 270 g/mol. The maximum absolute atomic E-state index is 11.4. The zero-order chi connectivity index (χ0) is 14.3. The van der Waals surface area contributed by atoms with Crippen molar-refractivity contribution in [3.05, 3.63) is 6.92 Å². The summed E-state index contributed by atoms with van der Waals surface area (Å²) in [6, 6.07) is 0.557. The van der Waals surface area contributed by atoms with Gasteiger partial charge in [-0.15, -0.1) is 0 Å². The van der Waals surface area contributed by atoms with Crippen molar-refractivity contribution >= 4 is 5.97 Å². The maximum Gasteiger partial charge on any atom is 0.305 e. The van der Waals surface area contributed by atoms with Crippen molar-refractivity contribution in [1.29, 1.82) is 0 Å². The van der Waals surface area contributed by atoms with E-state index >= 15 is 0 Å². The lowest BCUT2D eigenvalue weighted by atomic mass is 10.1. The van der Waals surface area contributed by atoms with Gasteiger partial charge in [0.25, 0.3) is 0 Å². The Morgan fingerprint density at radius 2 is 2.00 bits per heavy atom. The van der Waals surface area contributed by atoms with Crippen molar-refractivity contribution in [3.63, 3.8) is 0 Å². The highest BCUT2D eigenvalue weighted by molar-refractivity contribution is 5.69. The van der Waals surface area contributed by atoms with Gasteiger partial charge in [-0.2, -0.15) is 0 Å². The van der Waals surface area contributed by atoms with Crippen molar-refractivity contribution in [2.24, 2.45) is 0 Å². The molecule has 19 heavy (non-hydrogen) atoms. The highest BCUT2D eigenvalue weighted by Gasteiger charge is 2.02. The summed E-state index contributed by atoms with van der Waals surface area (Å²) >= 11 is 0. The van der Waals surface area contributed by atoms with Crippen LogP contribution in [0.25, 0.3) is 0 Å². The molecule has 0 heterocycles. The predicted octanol–water partition coefficient (Wildman–Crippen LogP) is 3.87. The normalized spacial score (nSPS) is 12.4. The topological polar surface area (TPSA) is 38.3 Å². The van der Waals surface area contributed by atoms with Crippen LogP contribution in [0.4, 0.5) is 0 Å². The number of rotatable bonds is 13. The quantitative estimate of drug-likeness (QED) is 0.408. The second kappa shape index (κ2) is 13.9. The number of hydrogen-bond acceptors (Lipinski definition) is 3. The fourth-order valence-corrected chi connectivity index (χ4v) is 1.94. The zero-order valence-electron chi connectivity index (χ0n) is 12.9. The van der Waals surface area contributed by atoms with Crippen LogP contribution < -0.4 is 5.32 Å². The van der Waals surface area contributed by atoms with Gasteiger partial charge in [0.1, 0.15) is 0 Å². The van der Waals surface area contributed by atoms with Crippen LogP contribution in [0.5, 0.6) is 0 Å². The minimum atomic E-state index is -0.0329. The third-order valence-electron chi connectivity index (χ3n) is 3.20. The molecular formula is C16H32NO2. The van der Waals surface area contributed by atoms with Crippen LogP contribution in [-0.4, -0.2) is 25.2 Å². The summed E-state index contributed by atoms with van der Waals surface area (Å²) in [6.07, 6.45) is 9.15. The number of unbranched alkanes of at least 4 members (excludes halogenated alkanes) is 4. The molecule has 1 atom stereocenters. The van der Waals surface area contributed by atoms with Gasteiger partial charge in [0.15, 0.2) is 0 Å². The third kappa shape index (κ3) is 13.7. The molecule has 0 spiro atoms. The van der Waals surface area contributed by atoms with E-state index in [0.29, 0.717) is 19.1 Å². The van der Waals surface area contributed by atoms with Crippen molar-refractivity contribution in [3.8, 4) is 0 Å². The number of nitrogens with one attached hydrogen (secondary N) is 1. The van der Waals surface area contributed by atoms with Crippen LogP contribution >= 0.6 is 0 Å². The summed E-state index contributed by atoms with van der Waals surface area (Å²) in [7, 11) is 0. The summed E-state index contributed by atoms with van der Waals surface area (Å²) in [5, 5.41) is 3.46. The van der Waals surface area contributed by atoms with Crippen LogP contribution in [0, 0.1) is 6.92 Å². The molecule has 1 N–H and O–H groups in total. The molecule has 113 valence electrons. The van der Waals surface area contributed by atoms with Gasteiger partial charge in [-0.3, -0.25) is 4.79 Å². The summed E-state index contributed by atoms with van der Waals surface area (Å²) in [5.41, 5.74) is 0. The molecule has 1 unspecified atom stereocenters. The molecule has 0 amide bonds. The molecule has 0 aromatic rings. The van der Waals surface area contributed by atoms with Gasteiger partial charge >= 0.3 is 5.97 Å². The first kappa shape index (κ1) is 18.4. The molecular weight excluding hydrogens is 238 g/mol. The van der Waals surface area contributed by atoms with E-state index in [1.54, 1.807) is 0 Å². The van der Waals surface area contributed by atoms with Gasteiger partial charge in [-0.1, -0.05) is 39.5 Å². The fraction of sp³-hybridized carbons (Fsp3) is 0.875. The molecule has 0 rings (SSSR count). The lowest BCUT2D eigenvalue weighted by Crippen LogP contribution is -2.26. The number of hydrogen-bond donors (Lipinski definition) is 1. The molecule has 0 saturated carbocycles. The van der Waals surface area contributed by atoms with E-state index in [2.05, 4.69) is 26.1 Å². The first-order valence-electron chi connectivity index (χ1n) is 7.89. The summed E-state index contributed by atoms with van der Waals surface area (Å²) in [4.78, 5) is 11.4. The van der Waals surface area contributed by atoms with E-state index in [4.69, 9.17) is 4.74 Å². The van der Waals surface area contributed by atoms with Crippen molar-refractivity contribution < 1.29 is 9.53 Å². The molecule has 0 bridgehead atoms. The average molecular weight is 270 g/mol. The highest BCUT2D eigenvalue weighted by atomic mass is 16.5. The smallest absolute Gasteiger partial charge is 0.305 e. The largest absolute Gasteiger partial charge is 0.466 e. The van der Waals surface area contributed by atoms with E-state index in [-0.39, 0.29) is 5.97 Å². The lowest BCUT2D eigenvalue weighted by Gasteiger charge is -2.12. The Labute approximate surface area is 119 Å². The van der Waals surface area contributed by atoms with Gasteiger partial charge in [-0.05, 0) is 39.2 Å². The molecule has 0 aliphatic heterocycles. The zero-order valence-corrected chi connectivity index (χ0v) is 12.9. The molecule has 0 aromatic heterocycles. The summed E-state index contributed by atoms with van der Waals surface area (Å²) in [5.74, 6) is -0.0329. The molecule has 0 aromatic carbocycles. The minimum Gasteiger partial charge on any atom is -0.466 e. The molecule has 0 aliphatic carbocycles. The number of carbonyl (C=O) groups is 1. The number of ether oxygens (including phenoxy) is 1. The predicted molar refractivity (Wildman–Crippen MR) is 81.0 cm³/mol. The maximum atomic E-state index is 11.4. The van der Waals surface area contributed by atoms with Crippen molar-refractivity contribution in [1.82, 2.24) is 5.32 Å². The van der Waals surface area contributed by atoms with Gasteiger partial charge in [-0.25, -0.2) is 0 Å². The van der Waals surface area contributed by atoms with Crippen LogP contribution in [-0.2, 0) is 9.53 Å². The van der Waals surface area contributed by atoms with E-state index in [0.717, 1.165) is 57.9 Å². The number of esters is 1. The third-order valence-corrected chi connectivity index (χ3v) is 3.20. The Morgan fingerprint density at radius 3 is 2.68 bits per heavy atom. The molecule has 0 saturated heterocycles. The molecule has 0 aliphatic rings. The lowest BCUT2D eigenvalue weighted by molar-refractivity contribution is -0.143. The van der Waals surface area contributed by atoms with Gasteiger partial charge in [0.2, 0.25) is 0 Å². The van der Waals surface area contributed by atoms with Crippen molar-refractivity contribution in [2.45, 2.75) is 77.7 Å². The van der Waals surface area contributed by atoms with E-state index < -0.39 is 0 Å². The summed E-state index contributed by atoms with van der Waals surface area (Å²) < 4.78 is 5.16. The first-order valence-corrected chi connectivity index (χ1v) is 7.89. The second-order valence-electron chi connectivity index (χ2n) is 5.24. The standard InChI is InChI=1S/C16H32NO2/c1-4-6-10-14-19-16(18)12-8-7-9-13-17-15(3)11-5-2/h15,17H,2,4-14H2,1,3H3. The van der Waals surface area contributed by atoms with Crippen molar-refractivity contribution in [2.75, 3.05) is 13.2 Å². The summed E-state index contributed by atoms with van der Waals surface area (Å²) in [6.45, 7) is 9.82. The molecule has 0 fully saturated rings. The Hall–Kier alpha value is -0.570. The fourth-order valence-electron chi connectivity index (χ4n) is 1.94. The Kier molecular flexibility index (Phi) is 13.4. The van der Waals surface area contributed by atoms with Gasteiger partial charge in [0.05, 0.1) is 6.61 Å². The first-order chi connectivity index (χ1) is 9.20. The number of carbonyl (C=O) groups excluding carboxylic acids is 1. The van der Waals surface area contributed by atoms with Crippen LogP contribution in [0.2, 0.25) is 0 Å².